The zero-order valence-corrected chi connectivity index (χ0v) is 25.1. The monoisotopic (exact) mass is 549 g/mol. The van der Waals surface area contributed by atoms with Crippen molar-refractivity contribution < 1.29 is 19.1 Å². The van der Waals surface area contributed by atoms with Crippen LogP contribution in [0.4, 0.5) is 4.79 Å². The standard InChI is InChI=1S/C33H47N3O4/c1-7-21-36(31(38)27(22-25-17-10-8-11-18-25)35-32(39)40-33(4,5)6)29(28-23(2)15-14-16-24(28)3)30(37)34-26-19-12-9-13-20-26/h8,10-11,14-18,26-27,29H,7,9,12-13,19-22H2,1-6H3,(H,34,37)(H,35,39). The highest BCUT2D eigenvalue weighted by atomic mass is 16.6. The molecular weight excluding hydrogens is 502 g/mol. The molecule has 2 atom stereocenters. The quantitative estimate of drug-likeness (QED) is 0.371. The first-order chi connectivity index (χ1) is 19.0. The van der Waals surface area contributed by atoms with Gasteiger partial charge in [-0.05, 0) is 76.1 Å². The molecule has 1 aliphatic rings. The third-order valence-corrected chi connectivity index (χ3v) is 7.35. The lowest BCUT2D eigenvalue weighted by Crippen LogP contribution is -2.55. The van der Waals surface area contributed by atoms with Gasteiger partial charge in [0.2, 0.25) is 11.8 Å². The average Bonchev–Trinajstić information content (AvgIpc) is 2.89. The van der Waals surface area contributed by atoms with Crippen molar-refractivity contribution in [2.24, 2.45) is 0 Å². The Labute approximate surface area is 240 Å². The first-order valence-electron chi connectivity index (χ1n) is 14.7. The molecule has 0 heterocycles. The van der Waals surface area contributed by atoms with E-state index in [1.807, 2.05) is 69.3 Å². The van der Waals surface area contributed by atoms with Crippen molar-refractivity contribution in [2.45, 2.75) is 110 Å². The summed E-state index contributed by atoms with van der Waals surface area (Å²) in [6.07, 6.45) is 5.55. The lowest BCUT2D eigenvalue weighted by molar-refractivity contribution is -0.143. The molecule has 1 aliphatic carbocycles. The molecule has 218 valence electrons. The number of nitrogens with zero attached hydrogens (tertiary/aromatic N) is 1. The van der Waals surface area contributed by atoms with E-state index in [0.717, 1.165) is 47.9 Å². The van der Waals surface area contributed by atoms with Crippen LogP contribution in [0, 0.1) is 13.8 Å². The fourth-order valence-electron chi connectivity index (χ4n) is 5.52. The third-order valence-electron chi connectivity index (χ3n) is 7.35. The summed E-state index contributed by atoms with van der Waals surface area (Å²) in [7, 11) is 0. The molecule has 0 saturated heterocycles. The number of ether oxygens (including phenoxy) is 1. The summed E-state index contributed by atoms with van der Waals surface area (Å²) in [6.45, 7) is 11.7. The largest absolute Gasteiger partial charge is 0.444 e. The fourth-order valence-corrected chi connectivity index (χ4v) is 5.52. The Kier molecular flexibility index (Phi) is 11.2. The van der Waals surface area contributed by atoms with E-state index in [1.165, 1.54) is 6.42 Å². The maximum atomic E-state index is 14.4. The molecule has 0 aliphatic heterocycles. The Bertz CT molecular complexity index is 1120. The first kappa shape index (κ1) is 31.2. The number of aryl methyl sites for hydroxylation is 2. The van der Waals surface area contributed by atoms with Gasteiger partial charge in [-0.25, -0.2) is 4.79 Å². The number of benzene rings is 2. The van der Waals surface area contributed by atoms with E-state index in [0.29, 0.717) is 13.0 Å². The molecule has 3 amide bonds. The highest BCUT2D eigenvalue weighted by Crippen LogP contribution is 2.30. The molecule has 0 aromatic heterocycles. The maximum Gasteiger partial charge on any atom is 0.408 e. The zero-order valence-electron chi connectivity index (χ0n) is 25.1. The Hall–Kier alpha value is -3.35. The Morgan fingerprint density at radius 2 is 1.57 bits per heavy atom. The summed E-state index contributed by atoms with van der Waals surface area (Å²) < 4.78 is 5.53. The predicted molar refractivity (Wildman–Crippen MR) is 159 cm³/mol. The minimum Gasteiger partial charge on any atom is -0.444 e. The number of carbonyl (C=O) groups excluding carboxylic acids is 3. The highest BCUT2D eigenvalue weighted by molar-refractivity contribution is 5.93. The van der Waals surface area contributed by atoms with Crippen molar-refractivity contribution in [3.63, 3.8) is 0 Å². The van der Waals surface area contributed by atoms with Gasteiger partial charge in [0.15, 0.2) is 0 Å². The molecule has 2 N–H and O–H groups in total. The molecule has 1 saturated carbocycles. The van der Waals surface area contributed by atoms with Crippen molar-refractivity contribution in [3.05, 3.63) is 70.8 Å². The minimum absolute atomic E-state index is 0.103. The minimum atomic E-state index is -0.905. The topological polar surface area (TPSA) is 87.7 Å². The van der Waals surface area contributed by atoms with E-state index < -0.39 is 23.8 Å². The molecule has 2 aromatic carbocycles. The number of hydrogen-bond donors (Lipinski definition) is 2. The fraction of sp³-hybridized carbons (Fsp3) is 0.545. The van der Waals surface area contributed by atoms with E-state index in [4.69, 9.17) is 4.74 Å². The van der Waals surface area contributed by atoms with Gasteiger partial charge < -0.3 is 20.3 Å². The molecule has 3 rings (SSSR count). The molecular formula is C33H47N3O4. The smallest absolute Gasteiger partial charge is 0.408 e. The van der Waals surface area contributed by atoms with Crippen LogP contribution in [0.5, 0.6) is 0 Å². The van der Waals surface area contributed by atoms with E-state index in [2.05, 4.69) is 10.6 Å². The number of rotatable bonds is 10. The molecule has 2 aromatic rings. The molecule has 0 bridgehead atoms. The van der Waals surface area contributed by atoms with Gasteiger partial charge in [0.05, 0.1) is 0 Å². The van der Waals surface area contributed by atoms with Crippen LogP contribution in [0.3, 0.4) is 0 Å². The van der Waals surface area contributed by atoms with Crippen LogP contribution >= 0.6 is 0 Å². The Morgan fingerprint density at radius 1 is 0.950 bits per heavy atom. The second kappa shape index (κ2) is 14.3. The molecule has 2 unspecified atom stereocenters. The van der Waals surface area contributed by atoms with Crippen LogP contribution in [0.15, 0.2) is 48.5 Å². The van der Waals surface area contributed by atoms with Gasteiger partial charge in [0, 0.05) is 19.0 Å². The number of amides is 3. The van der Waals surface area contributed by atoms with E-state index >= 15 is 0 Å². The SMILES string of the molecule is CCCN(C(=O)C(Cc1ccccc1)NC(=O)OC(C)(C)C)C(C(=O)NC1CCCCC1)c1c(C)cccc1C. The van der Waals surface area contributed by atoms with Gasteiger partial charge in [0.25, 0.3) is 0 Å². The number of hydrogen-bond acceptors (Lipinski definition) is 4. The Balaban J connectivity index is 2.03. The van der Waals surface area contributed by atoms with Gasteiger partial charge >= 0.3 is 6.09 Å². The summed E-state index contributed by atoms with van der Waals surface area (Å²) in [5.41, 5.74) is 2.94. The lowest BCUT2D eigenvalue weighted by Gasteiger charge is -2.36. The van der Waals surface area contributed by atoms with Gasteiger partial charge in [-0.2, -0.15) is 0 Å². The second-order valence-electron chi connectivity index (χ2n) is 12.0. The Morgan fingerprint density at radius 3 is 2.15 bits per heavy atom. The van der Waals surface area contributed by atoms with Gasteiger partial charge in [-0.1, -0.05) is 74.7 Å². The maximum absolute atomic E-state index is 14.4. The van der Waals surface area contributed by atoms with Crippen molar-refractivity contribution >= 4 is 17.9 Å². The van der Waals surface area contributed by atoms with Crippen LogP contribution in [-0.2, 0) is 20.7 Å². The van der Waals surface area contributed by atoms with Gasteiger partial charge in [-0.3, -0.25) is 9.59 Å². The molecule has 40 heavy (non-hydrogen) atoms. The molecule has 0 radical (unpaired) electrons. The van der Waals surface area contributed by atoms with Crippen LogP contribution in [0.25, 0.3) is 0 Å². The van der Waals surface area contributed by atoms with Gasteiger partial charge in [0.1, 0.15) is 17.7 Å². The third kappa shape index (κ3) is 8.83. The summed E-state index contributed by atoms with van der Waals surface area (Å²) in [4.78, 5) is 43.1. The zero-order chi connectivity index (χ0) is 29.3. The van der Waals surface area contributed by atoms with Crippen molar-refractivity contribution in [2.75, 3.05) is 6.54 Å². The molecule has 7 nitrogen and oxygen atoms in total. The summed E-state index contributed by atoms with van der Waals surface area (Å²) in [6, 6.07) is 13.9. The second-order valence-corrected chi connectivity index (χ2v) is 12.0. The number of alkyl carbamates (subject to hydrolysis) is 1. The summed E-state index contributed by atoms with van der Waals surface area (Å²) in [5.74, 6) is -0.468. The van der Waals surface area contributed by atoms with Gasteiger partial charge in [-0.15, -0.1) is 0 Å². The van der Waals surface area contributed by atoms with Crippen LogP contribution in [0.1, 0.15) is 94.5 Å². The van der Waals surface area contributed by atoms with E-state index in [1.54, 1.807) is 25.7 Å². The van der Waals surface area contributed by atoms with Crippen molar-refractivity contribution in [3.8, 4) is 0 Å². The van der Waals surface area contributed by atoms with Crippen LogP contribution in [0.2, 0.25) is 0 Å². The predicted octanol–water partition coefficient (Wildman–Crippen LogP) is 6.17. The lowest BCUT2D eigenvalue weighted by atomic mass is 9.91. The van der Waals surface area contributed by atoms with Crippen molar-refractivity contribution in [1.82, 2.24) is 15.5 Å². The summed E-state index contributed by atoms with van der Waals surface area (Å²) >= 11 is 0. The van der Waals surface area contributed by atoms with Crippen molar-refractivity contribution in [1.29, 1.82) is 0 Å². The number of carbonyl (C=O) groups is 3. The molecule has 1 fully saturated rings. The number of nitrogens with one attached hydrogen (secondary N) is 2. The summed E-state index contributed by atoms with van der Waals surface area (Å²) in [5, 5.41) is 6.11. The van der Waals surface area contributed by atoms with E-state index in [9.17, 15) is 14.4 Å². The van der Waals surface area contributed by atoms with Crippen LogP contribution in [-0.4, -0.2) is 47.0 Å². The first-order valence-corrected chi connectivity index (χ1v) is 14.7. The van der Waals surface area contributed by atoms with E-state index in [-0.39, 0.29) is 24.3 Å². The highest BCUT2D eigenvalue weighted by Gasteiger charge is 2.38. The van der Waals surface area contributed by atoms with Crippen LogP contribution < -0.4 is 10.6 Å². The normalized spacial score (nSPS) is 15.6. The average molecular weight is 550 g/mol. The molecule has 0 spiro atoms. The molecule has 7 heteroatoms.